The molecule has 1 fully saturated rings. The van der Waals surface area contributed by atoms with Crippen molar-refractivity contribution in [3.8, 4) is 22.6 Å². The molecule has 4 heterocycles. The maximum Gasteiger partial charge on any atom is 0.354 e. The maximum absolute atomic E-state index is 17.3. The second kappa shape index (κ2) is 11.4. The topological polar surface area (TPSA) is 91.6 Å². The molecular weight excluding hydrogens is 627 g/mol. The van der Waals surface area contributed by atoms with Crippen LogP contribution in [0.15, 0.2) is 46.7 Å². The standard InChI is InChI=1S/C32H29ClF3N5O3S/c1-6-20(43)39-11-16(5)40-17(12-39)13-45-30-23-29(26(36)22(24(30)33)21-19(42)8-7-18(34)25(21)35)41(32(44)38-31(23)40)28-15(4)9-10-37-27(28)14(2)3/h6-10,14,16-17,42H,1,11-13H2,2-5H3. The van der Waals surface area contributed by atoms with Gasteiger partial charge in [0.05, 0.1) is 38.9 Å². The van der Waals surface area contributed by atoms with E-state index in [1.165, 1.54) is 17.8 Å². The van der Waals surface area contributed by atoms with E-state index >= 15 is 8.78 Å². The number of phenolic OH excluding ortho intramolecular Hbond substituents is 1. The van der Waals surface area contributed by atoms with E-state index in [-0.39, 0.29) is 57.1 Å². The molecule has 2 aliphatic rings. The number of carbonyl (C=O) groups excluding carboxylic acids is 1. The first kappa shape index (κ1) is 31.0. The van der Waals surface area contributed by atoms with Gasteiger partial charge in [0.2, 0.25) is 5.91 Å². The van der Waals surface area contributed by atoms with E-state index in [9.17, 15) is 19.1 Å². The summed E-state index contributed by atoms with van der Waals surface area (Å²) in [4.78, 5) is 39.6. The second-order valence-corrected chi connectivity index (χ2v) is 13.0. The summed E-state index contributed by atoms with van der Waals surface area (Å²) in [5.41, 5.74) is -1.02. The lowest BCUT2D eigenvalue weighted by atomic mass is 9.98. The normalized spacial score (nSPS) is 17.9. The highest BCUT2D eigenvalue weighted by Gasteiger charge is 2.41. The maximum atomic E-state index is 17.3. The molecule has 1 saturated heterocycles. The molecule has 4 aromatic rings. The van der Waals surface area contributed by atoms with E-state index in [1.54, 1.807) is 24.1 Å². The van der Waals surface area contributed by atoms with Crippen LogP contribution in [0.3, 0.4) is 0 Å². The van der Waals surface area contributed by atoms with Gasteiger partial charge in [0, 0.05) is 41.5 Å². The van der Waals surface area contributed by atoms with Crippen LogP contribution >= 0.6 is 23.4 Å². The number of pyridine rings is 1. The summed E-state index contributed by atoms with van der Waals surface area (Å²) in [7, 11) is 0. The molecule has 1 amide bonds. The Labute approximate surface area is 266 Å². The number of aromatic hydroxyl groups is 1. The van der Waals surface area contributed by atoms with Crippen molar-refractivity contribution < 1.29 is 23.1 Å². The Bertz CT molecular complexity index is 1980. The molecule has 2 aliphatic heterocycles. The Morgan fingerprint density at radius 2 is 1.91 bits per heavy atom. The molecule has 0 aliphatic carbocycles. The number of thioether (sulfide) groups is 1. The average Bonchev–Trinajstić information content (AvgIpc) is 3.16. The van der Waals surface area contributed by atoms with Crippen LogP contribution in [-0.4, -0.2) is 61.4 Å². The van der Waals surface area contributed by atoms with Gasteiger partial charge in [0.1, 0.15) is 11.6 Å². The minimum atomic E-state index is -1.49. The molecule has 0 spiro atoms. The molecule has 2 aromatic carbocycles. The summed E-state index contributed by atoms with van der Waals surface area (Å²) in [6.45, 7) is 11.5. The van der Waals surface area contributed by atoms with Gasteiger partial charge in [0.25, 0.3) is 0 Å². The predicted octanol–water partition coefficient (Wildman–Crippen LogP) is 6.35. The van der Waals surface area contributed by atoms with Gasteiger partial charge >= 0.3 is 5.69 Å². The number of aryl methyl sites for hydroxylation is 1. The number of aromatic nitrogens is 3. The van der Waals surface area contributed by atoms with Crippen LogP contribution in [0.5, 0.6) is 5.75 Å². The first-order valence-corrected chi connectivity index (χ1v) is 15.7. The number of halogens is 4. The number of anilines is 1. The lowest BCUT2D eigenvalue weighted by Crippen LogP contribution is -2.60. The van der Waals surface area contributed by atoms with Crippen molar-refractivity contribution in [3.63, 3.8) is 0 Å². The minimum absolute atomic E-state index is 0.165. The van der Waals surface area contributed by atoms with Crippen molar-refractivity contribution >= 4 is 46.0 Å². The number of carbonyl (C=O) groups is 1. The molecule has 0 bridgehead atoms. The third kappa shape index (κ3) is 4.77. The number of amides is 1. The average molecular weight is 656 g/mol. The highest BCUT2D eigenvalue weighted by Crippen LogP contribution is 2.51. The monoisotopic (exact) mass is 655 g/mol. The van der Waals surface area contributed by atoms with Crippen LogP contribution in [0.4, 0.5) is 19.0 Å². The van der Waals surface area contributed by atoms with Gasteiger partial charge in [-0.15, -0.1) is 11.8 Å². The summed E-state index contributed by atoms with van der Waals surface area (Å²) in [6.07, 6.45) is 2.83. The largest absolute Gasteiger partial charge is 0.507 e. The molecule has 13 heteroatoms. The number of piperazine rings is 1. The molecule has 1 N–H and O–H groups in total. The zero-order valence-corrected chi connectivity index (χ0v) is 26.4. The Morgan fingerprint density at radius 1 is 1.18 bits per heavy atom. The van der Waals surface area contributed by atoms with Crippen molar-refractivity contribution in [2.45, 2.75) is 50.6 Å². The fourth-order valence-electron chi connectivity index (χ4n) is 6.36. The van der Waals surface area contributed by atoms with E-state index in [0.717, 1.165) is 16.7 Å². The van der Waals surface area contributed by atoms with Crippen LogP contribution in [0, 0.1) is 24.4 Å². The second-order valence-electron chi connectivity index (χ2n) is 11.5. The van der Waals surface area contributed by atoms with Crippen molar-refractivity contribution in [1.82, 2.24) is 19.4 Å². The van der Waals surface area contributed by atoms with Crippen molar-refractivity contribution in [2.24, 2.45) is 0 Å². The van der Waals surface area contributed by atoms with E-state index in [1.807, 2.05) is 25.7 Å². The lowest BCUT2D eigenvalue weighted by molar-refractivity contribution is -0.127. The Hall–Kier alpha value is -4.03. The number of hydrogen-bond donors (Lipinski definition) is 1. The minimum Gasteiger partial charge on any atom is -0.507 e. The van der Waals surface area contributed by atoms with Crippen molar-refractivity contribution in [3.05, 3.63) is 81.3 Å². The quantitative estimate of drug-likeness (QED) is 0.256. The van der Waals surface area contributed by atoms with Crippen molar-refractivity contribution in [2.75, 3.05) is 23.7 Å². The highest BCUT2D eigenvalue weighted by molar-refractivity contribution is 7.99. The first-order valence-electron chi connectivity index (χ1n) is 14.3. The zero-order chi connectivity index (χ0) is 32.5. The Balaban J connectivity index is 1.79. The molecule has 234 valence electrons. The third-order valence-electron chi connectivity index (χ3n) is 8.33. The molecule has 0 radical (unpaired) electrons. The van der Waals surface area contributed by atoms with Crippen LogP contribution in [-0.2, 0) is 4.79 Å². The van der Waals surface area contributed by atoms with Crippen LogP contribution < -0.4 is 10.6 Å². The highest BCUT2D eigenvalue weighted by atomic mass is 35.5. The molecule has 45 heavy (non-hydrogen) atoms. The van der Waals surface area contributed by atoms with Gasteiger partial charge in [-0.2, -0.15) is 4.98 Å². The molecule has 8 nitrogen and oxygen atoms in total. The summed E-state index contributed by atoms with van der Waals surface area (Å²) in [5.74, 6) is -4.61. The summed E-state index contributed by atoms with van der Waals surface area (Å²) in [6, 6.07) is 2.62. The number of benzene rings is 2. The van der Waals surface area contributed by atoms with Crippen LogP contribution in [0.25, 0.3) is 27.7 Å². The molecule has 6 rings (SSSR count). The van der Waals surface area contributed by atoms with Crippen LogP contribution in [0.1, 0.15) is 37.9 Å². The third-order valence-corrected chi connectivity index (χ3v) is 10.1. The number of hydrogen-bond acceptors (Lipinski definition) is 7. The van der Waals surface area contributed by atoms with Gasteiger partial charge in [-0.05, 0) is 49.6 Å². The zero-order valence-electron chi connectivity index (χ0n) is 24.9. The molecule has 2 unspecified atom stereocenters. The molecule has 0 saturated carbocycles. The van der Waals surface area contributed by atoms with Crippen LogP contribution in [0.2, 0.25) is 5.02 Å². The Morgan fingerprint density at radius 3 is 2.60 bits per heavy atom. The first-order chi connectivity index (χ1) is 21.4. The fraction of sp³-hybridized carbons (Fsp3) is 0.312. The number of phenols is 1. The molecule has 2 atom stereocenters. The SMILES string of the molecule is C=CC(=O)N1CC(C)N2c3nc(=O)n(-c4c(C)ccnc4C(C)C)c4c(F)c(-c5c(O)ccc(F)c5F)c(Cl)c(c34)SCC2C1. The van der Waals surface area contributed by atoms with Crippen molar-refractivity contribution in [1.29, 1.82) is 0 Å². The summed E-state index contributed by atoms with van der Waals surface area (Å²) < 4.78 is 48.4. The van der Waals surface area contributed by atoms with Gasteiger partial charge in [-0.1, -0.05) is 32.0 Å². The fourth-order valence-corrected chi connectivity index (χ4v) is 7.99. The molecule has 2 aromatic heterocycles. The Kier molecular flexibility index (Phi) is 7.85. The van der Waals surface area contributed by atoms with E-state index < -0.39 is 40.0 Å². The van der Waals surface area contributed by atoms with Gasteiger partial charge < -0.3 is 14.9 Å². The van der Waals surface area contributed by atoms with Gasteiger partial charge in [0.15, 0.2) is 17.5 Å². The summed E-state index contributed by atoms with van der Waals surface area (Å²) in [5, 5.41) is 10.6. The van der Waals surface area contributed by atoms with E-state index in [2.05, 4.69) is 16.5 Å². The number of nitrogens with zero attached hydrogens (tertiary/aromatic N) is 5. The molecular formula is C32H29ClF3N5O3S. The summed E-state index contributed by atoms with van der Waals surface area (Å²) >= 11 is 8.13. The lowest BCUT2D eigenvalue weighted by Gasteiger charge is -2.45. The van der Waals surface area contributed by atoms with Gasteiger partial charge in [-0.3, -0.25) is 14.3 Å². The van der Waals surface area contributed by atoms with E-state index in [0.29, 0.717) is 29.2 Å². The van der Waals surface area contributed by atoms with E-state index in [4.69, 9.17) is 11.6 Å². The smallest absolute Gasteiger partial charge is 0.354 e. The predicted molar refractivity (Wildman–Crippen MR) is 169 cm³/mol. The van der Waals surface area contributed by atoms with Gasteiger partial charge in [-0.25, -0.2) is 18.0 Å². The number of fused-ring (bicyclic) bond motifs is 2. The number of rotatable bonds is 4.